The van der Waals surface area contributed by atoms with Crippen LogP contribution in [0.3, 0.4) is 0 Å². The normalized spacial score (nSPS) is 10.6. The lowest BCUT2D eigenvalue weighted by Gasteiger charge is -2.13. The van der Waals surface area contributed by atoms with Crippen molar-refractivity contribution < 1.29 is 4.74 Å². The van der Waals surface area contributed by atoms with Gasteiger partial charge in [0.1, 0.15) is 11.8 Å². The number of pyridine rings is 2. The van der Waals surface area contributed by atoms with E-state index < -0.39 is 16.9 Å². The molecule has 0 aliphatic heterocycles. The van der Waals surface area contributed by atoms with Gasteiger partial charge in [-0.2, -0.15) is 9.94 Å². The van der Waals surface area contributed by atoms with Crippen LogP contribution in [-0.4, -0.2) is 24.3 Å². The molecule has 0 bridgehead atoms. The average Bonchev–Trinajstić information content (AvgIpc) is 2.79. The summed E-state index contributed by atoms with van der Waals surface area (Å²) in [6.45, 7) is 0.307. The van der Waals surface area contributed by atoms with E-state index in [-0.39, 0.29) is 27.0 Å². The van der Waals surface area contributed by atoms with E-state index in [1.165, 1.54) is 35.0 Å². The topological polar surface area (TPSA) is 136 Å². The third-order valence-electron chi connectivity index (χ3n) is 4.44. The smallest absolute Gasteiger partial charge is 0.349 e. The summed E-state index contributed by atoms with van der Waals surface area (Å²) >= 11 is 12.7. The predicted molar refractivity (Wildman–Crippen MR) is 119 cm³/mol. The molecule has 3 heterocycles. The first-order chi connectivity index (χ1) is 15.9. The van der Waals surface area contributed by atoms with E-state index in [0.29, 0.717) is 12.3 Å². The van der Waals surface area contributed by atoms with Crippen LogP contribution in [0, 0.1) is 11.3 Å². The van der Waals surface area contributed by atoms with Crippen molar-refractivity contribution in [1.82, 2.24) is 24.3 Å². The summed E-state index contributed by atoms with van der Waals surface area (Å²) < 4.78 is 8.05. The number of ether oxygens (including phenoxy) is 1. The Labute approximate surface area is 194 Å². The molecule has 164 valence electrons. The third kappa shape index (κ3) is 4.69. The molecule has 0 aliphatic carbocycles. The number of hydrogen-bond donors (Lipinski definition) is 1. The highest BCUT2D eigenvalue weighted by molar-refractivity contribution is 6.37. The number of rotatable bonds is 5. The molecular formula is C21H12Cl2N6O4. The van der Waals surface area contributed by atoms with Crippen molar-refractivity contribution in [1.29, 1.82) is 5.26 Å². The molecule has 0 aliphatic rings. The lowest BCUT2D eigenvalue weighted by Crippen LogP contribution is -2.33. The molecule has 10 nitrogen and oxygen atoms in total. The first-order valence-corrected chi connectivity index (χ1v) is 10.0. The van der Waals surface area contributed by atoms with Gasteiger partial charge in [-0.05, 0) is 35.9 Å². The summed E-state index contributed by atoms with van der Waals surface area (Å²) in [5, 5.41) is 12.8. The summed E-state index contributed by atoms with van der Waals surface area (Å²) in [5.74, 6) is 0.375. The van der Waals surface area contributed by atoms with Crippen LogP contribution in [0.15, 0.2) is 69.4 Å². The van der Waals surface area contributed by atoms with Crippen LogP contribution in [0.2, 0.25) is 10.0 Å². The van der Waals surface area contributed by atoms with Crippen LogP contribution in [0.1, 0.15) is 11.3 Å². The van der Waals surface area contributed by atoms with E-state index in [1.54, 1.807) is 30.6 Å². The van der Waals surface area contributed by atoms with Crippen molar-refractivity contribution in [3.05, 3.63) is 107 Å². The molecule has 4 rings (SSSR count). The zero-order valence-electron chi connectivity index (χ0n) is 16.5. The molecule has 1 N–H and O–H groups in total. The molecule has 0 unspecified atom stereocenters. The number of aromatic nitrogens is 5. The Morgan fingerprint density at radius 3 is 2.42 bits per heavy atom. The number of halogens is 2. The van der Waals surface area contributed by atoms with E-state index in [0.717, 1.165) is 10.2 Å². The molecule has 0 saturated carbocycles. The summed E-state index contributed by atoms with van der Waals surface area (Å²) in [7, 11) is 0. The number of nitrogens with zero attached hydrogens (tertiary/aromatic N) is 5. The monoisotopic (exact) mass is 482 g/mol. The van der Waals surface area contributed by atoms with Crippen LogP contribution in [0.25, 0.3) is 5.69 Å². The fourth-order valence-electron chi connectivity index (χ4n) is 2.91. The van der Waals surface area contributed by atoms with Gasteiger partial charge in [-0.15, -0.1) is 5.10 Å². The third-order valence-corrected chi connectivity index (χ3v) is 5.00. The van der Waals surface area contributed by atoms with Gasteiger partial charge in [-0.1, -0.05) is 23.2 Å². The SMILES string of the molecule is N#Cc1nn(-c2cc(Cl)c(Oc3ccc(=O)n(Cc4ccncc4)c3)c(Cl)c2)c(=O)[nH]c1=O. The Morgan fingerprint density at radius 2 is 1.76 bits per heavy atom. The molecule has 0 radical (unpaired) electrons. The summed E-state index contributed by atoms with van der Waals surface area (Å²) in [6, 6.07) is 10.7. The van der Waals surface area contributed by atoms with Gasteiger partial charge in [0.25, 0.3) is 11.1 Å². The largest absolute Gasteiger partial charge is 0.453 e. The van der Waals surface area contributed by atoms with Gasteiger partial charge in [0, 0.05) is 18.5 Å². The second-order valence-electron chi connectivity index (χ2n) is 6.66. The average molecular weight is 483 g/mol. The van der Waals surface area contributed by atoms with Crippen LogP contribution >= 0.6 is 23.2 Å². The lowest BCUT2D eigenvalue weighted by molar-refractivity contribution is 0.474. The quantitative estimate of drug-likeness (QED) is 0.461. The molecule has 0 spiro atoms. The Balaban J connectivity index is 1.68. The molecular weight excluding hydrogens is 471 g/mol. The Bertz CT molecular complexity index is 1550. The standard InChI is InChI=1S/C21H12Cl2N6O4/c22-15-7-13(29-21(32)26-20(31)17(9-24)27-29)8-16(23)19(15)33-14-1-2-18(30)28(11-14)10-12-3-5-25-6-4-12/h1-8,11H,10H2,(H,26,31,32). The highest BCUT2D eigenvalue weighted by Crippen LogP contribution is 2.37. The van der Waals surface area contributed by atoms with Crippen molar-refractivity contribution in [3.63, 3.8) is 0 Å². The first-order valence-electron chi connectivity index (χ1n) is 9.26. The van der Waals surface area contributed by atoms with Gasteiger partial charge >= 0.3 is 5.69 Å². The van der Waals surface area contributed by atoms with Gasteiger partial charge in [-0.3, -0.25) is 19.6 Å². The highest BCUT2D eigenvalue weighted by atomic mass is 35.5. The number of H-pyrrole nitrogens is 1. The minimum absolute atomic E-state index is 0.0304. The van der Waals surface area contributed by atoms with Gasteiger partial charge in [0.2, 0.25) is 5.69 Å². The molecule has 0 atom stereocenters. The fourth-order valence-corrected chi connectivity index (χ4v) is 3.46. The molecule has 3 aromatic heterocycles. The molecule has 0 saturated heterocycles. The second-order valence-corrected chi connectivity index (χ2v) is 7.47. The van der Waals surface area contributed by atoms with Crippen molar-refractivity contribution in [2.24, 2.45) is 0 Å². The van der Waals surface area contributed by atoms with E-state index in [2.05, 4.69) is 10.1 Å². The summed E-state index contributed by atoms with van der Waals surface area (Å²) in [6.07, 6.45) is 4.77. The van der Waals surface area contributed by atoms with Crippen LogP contribution < -0.4 is 21.5 Å². The van der Waals surface area contributed by atoms with Crippen LogP contribution in [0.5, 0.6) is 11.5 Å². The predicted octanol–water partition coefficient (Wildman–Crippen LogP) is 2.50. The first kappa shape index (κ1) is 22.0. The van der Waals surface area contributed by atoms with Gasteiger partial charge in [0.15, 0.2) is 5.75 Å². The van der Waals surface area contributed by atoms with Gasteiger partial charge in [0.05, 0.1) is 28.5 Å². The zero-order chi connectivity index (χ0) is 23.5. The van der Waals surface area contributed by atoms with Crippen molar-refractivity contribution in [2.45, 2.75) is 6.54 Å². The number of benzene rings is 1. The van der Waals surface area contributed by atoms with Gasteiger partial charge < -0.3 is 9.30 Å². The molecule has 0 amide bonds. The van der Waals surface area contributed by atoms with Crippen molar-refractivity contribution >= 4 is 23.2 Å². The zero-order valence-corrected chi connectivity index (χ0v) is 18.0. The summed E-state index contributed by atoms with van der Waals surface area (Å²) in [4.78, 5) is 41.8. The number of nitriles is 1. The Hall–Kier alpha value is -4.20. The maximum absolute atomic E-state index is 12.2. The van der Waals surface area contributed by atoms with Gasteiger partial charge in [-0.25, -0.2) is 4.79 Å². The van der Waals surface area contributed by atoms with E-state index in [9.17, 15) is 14.4 Å². The lowest BCUT2D eigenvalue weighted by atomic mass is 10.2. The van der Waals surface area contributed by atoms with Crippen LogP contribution in [0.4, 0.5) is 0 Å². The van der Waals surface area contributed by atoms with Crippen molar-refractivity contribution in [3.8, 4) is 23.3 Å². The van der Waals surface area contributed by atoms with Crippen LogP contribution in [-0.2, 0) is 6.54 Å². The second kappa shape index (κ2) is 9.12. The van der Waals surface area contributed by atoms with E-state index in [4.69, 9.17) is 33.2 Å². The fraction of sp³-hybridized carbons (Fsp3) is 0.0476. The minimum Gasteiger partial charge on any atom is -0.453 e. The van der Waals surface area contributed by atoms with E-state index in [1.807, 2.05) is 4.98 Å². The summed E-state index contributed by atoms with van der Waals surface area (Å²) in [5.41, 5.74) is -1.53. The molecule has 1 aromatic carbocycles. The molecule has 0 fully saturated rings. The molecule has 33 heavy (non-hydrogen) atoms. The van der Waals surface area contributed by atoms with Crippen molar-refractivity contribution in [2.75, 3.05) is 0 Å². The molecule has 4 aromatic rings. The number of hydrogen-bond acceptors (Lipinski definition) is 7. The molecule has 12 heteroatoms. The maximum atomic E-state index is 12.2. The maximum Gasteiger partial charge on any atom is 0.349 e. The minimum atomic E-state index is -0.905. The Morgan fingerprint density at radius 1 is 1.06 bits per heavy atom. The highest BCUT2D eigenvalue weighted by Gasteiger charge is 2.15. The number of nitrogens with one attached hydrogen (secondary N) is 1. The Kier molecular flexibility index (Phi) is 6.08. The number of aromatic amines is 1. The van der Waals surface area contributed by atoms with E-state index >= 15 is 0 Å².